The standard InChI is InChI=1S/C18H26O5/c1-12(22-17(2,3)4)21-15(19)13-10-8-9-11-14(13)16(20)23-18(5,6)7/h8-12H,1-7H3. The number of esters is 2. The molecule has 0 aliphatic carbocycles. The highest BCUT2D eigenvalue weighted by atomic mass is 16.7. The van der Waals surface area contributed by atoms with Gasteiger partial charge in [-0.25, -0.2) is 9.59 Å². The van der Waals surface area contributed by atoms with Crippen LogP contribution in [0.15, 0.2) is 24.3 Å². The minimum atomic E-state index is -0.728. The fourth-order valence-electron chi connectivity index (χ4n) is 1.91. The van der Waals surface area contributed by atoms with Crippen LogP contribution in [0.5, 0.6) is 0 Å². The smallest absolute Gasteiger partial charge is 0.341 e. The van der Waals surface area contributed by atoms with Crippen molar-refractivity contribution in [2.24, 2.45) is 0 Å². The molecule has 0 heterocycles. The highest BCUT2D eigenvalue weighted by molar-refractivity contribution is 6.03. The highest BCUT2D eigenvalue weighted by Gasteiger charge is 2.25. The molecule has 0 radical (unpaired) electrons. The van der Waals surface area contributed by atoms with Crippen LogP contribution in [0.1, 0.15) is 69.2 Å². The molecule has 0 N–H and O–H groups in total. The molecular weight excluding hydrogens is 296 g/mol. The normalized spacial score (nSPS) is 13.3. The zero-order chi connectivity index (χ0) is 17.8. The van der Waals surface area contributed by atoms with Crippen LogP contribution in [0, 0.1) is 0 Å². The van der Waals surface area contributed by atoms with E-state index in [-0.39, 0.29) is 11.1 Å². The second kappa shape index (κ2) is 7.13. The Bertz CT molecular complexity index is 564. The summed E-state index contributed by atoms with van der Waals surface area (Å²) in [5.74, 6) is -1.18. The van der Waals surface area contributed by atoms with Gasteiger partial charge in [0, 0.05) is 0 Å². The van der Waals surface area contributed by atoms with Gasteiger partial charge in [-0.2, -0.15) is 0 Å². The Balaban J connectivity index is 2.92. The molecule has 5 heteroatoms. The van der Waals surface area contributed by atoms with E-state index in [4.69, 9.17) is 14.2 Å². The number of carbonyl (C=O) groups is 2. The molecule has 0 aliphatic rings. The van der Waals surface area contributed by atoms with Gasteiger partial charge in [0.25, 0.3) is 0 Å². The van der Waals surface area contributed by atoms with E-state index in [1.54, 1.807) is 45.9 Å². The maximum atomic E-state index is 12.3. The third-order valence-electron chi connectivity index (χ3n) is 2.56. The summed E-state index contributed by atoms with van der Waals surface area (Å²) in [5.41, 5.74) is -0.748. The predicted molar refractivity (Wildman–Crippen MR) is 87.3 cm³/mol. The average molecular weight is 322 g/mol. The fourth-order valence-corrected chi connectivity index (χ4v) is 1.91. The summed E-state index contributed by atoms with van der Waals surface area (Å²) in [6.07, 6.45) is -0.728. The van der Waals surface area contributed by atoms with Crippen molar-refractivity contribution >= 4 is 11.9 Å². The molecule has 1 rings (SSSR count). The number of carbonyl (C=O) groups excluding carboxylic acids is 2. The first-order valence-corrected chi connectivity index (χ1v) is 7.60. The van der Waals surface area contributed by atoms with Crippen molar-refractivity contribution in [1.82, 2.24) is 0 Å². The largest absolute Gasteiger partial charge is 0.456 e. The van der Waals surface area contributed by atoms with E-state index in [0.717, 1.165) is 0 Å². The zero-order valence-corrected chi connectivity index (χ0v) is 14.9. The van der Waals surface area contributed by atoms with Gasteiger partial charge in [-0.1, -0.05) is 12.1 Å². The highest BCUT2D eigenvalue weighted by Crippen LogP contribution is 2.18. The van der Waals surface area contributed by atoms with Crippen LogP contribution in [0.2, 0.25) is 0 Å². The van der Waals surface area contributed by atoms with E-state index in [9.17, 15) is 9.59 Å². The van der Waals surface area contributed by atoms with Crippen molar-refractivity contribution in [3.8, 4) is 0 Å². The lowest BCUT2D eigenvalue weighted by Gasteiger charge is -2.25. The van der Waals surface area contributed by atoms with Gasteiger partial charge in [0.1, 0.15) is 5.60 Å². The lowest BCUT2D eigenvalue weighted by Crippen LogP contribution is -2.30. The van der Waals surface area contributed by atoms with Crippen molar-refractivity contribution in [2.75, 3.05) is 0 Å². The van der Waals surface area contributed by atoms with Crippen LogP contribution in [0.25, 0.3) is 0 Å². The first kappa shape index (κ1) is 19.2. The minimum absolute atomic E-state index is 0.158. The van der Waals surface area contributed by atoms with E-state index in [1.165, 1.54) is 6.07 Å². The quantitative estimate of drug-likeness (QED) is 0.620. The SMILES string of the molecule is CC(OC(=O)c1ccccc1C(=O)OC(C)(C)C)OC(C)(C)C. The predicted octanol–water partition coefficient (Wildman–Crippen LogP) is 3.96. The number of benzene rings is 1. The van der Waals surface area contributed by atoms with Gasteiger partial charge >= 0.3 is 11.9 Å². The second-order valence-corrected chi connectivity index (χ2v) is 7.25. The third kappa shape index (κ3) is 6.82. The van der Waals surface area contributed by atoms with E-state index in [2.05, 4.69) is 0 Å². The number of hydrogen-bond donors (Lipinski definition) is 0. The van der Waals surface area contributed by atoms with Gasteiger partial charge in [-0.05, 0) is 60.6 Å². The molecule has 23 heavy (non-hydrogen) atoms. The van der Waals surface area contributed by atoms with E-state index in [1.807, 2.05) is 20.8 Å². The molecule has 0 fully saturated rings. The molecular formula is C18H26O5. The van der Waals surface area contributed by atoms with E-state index >= 15 is 0 Å². The summed E-state index contributed by atoms with van der Waals surface area (Å²) in [6, 6.07) is 6.41. The molecule has 1 atom stereocenters. The Morgan fingerprint density at radius 1 is 0.870 bits per heavy atom. The monoisotopic (exact) mass is 322 g/mol. The Hall–Kier alpha value is -1.88. The van der Waals surface area contributed by atoms with Crippen LogP contribution < -0.4 is 0 Å². The van der Waals surface area contributed by atoms with E-state index in [0.29, 0.717) is 0 Å². The average Bonchev–Trinajstić information content (AvgIpc) is 2.34. The summed E-state index contributed by atoms with van der Waals surface area (Å²) in [5, 5.41) is 0. The lowest BCUT2D eigenvalue weighted by atomic mass is 10.1. The first-order chi connectivity index (χ1) is 10.4. The topological polar surface area (TPSA) is 61.8 Å². The molecule has 0 amide bonds. The molecule has 1 aromatic carbocycles. The van der Waals surface area contributed by atoms with Gasteiger partial charge in [-0.15, -0.1) is 0 Å². The summed E-state index contributed by atoms with van der Waals surface area (Å²) in [7, 11) is 0. The Labute approximate surface area is 137 Å². The minimum Gasteiger partial charge on any atom is -0.456 e. The maximum absolute atomic E-state index is 12.3. The lowest BCUT2D eigenvalue weighted by molar-refractivity contribution is -0.158. The van der Waals surface area contributed by atoms with E-state index < -0.39 is 29.4 Å². The molecule has 0 spiro atoms. The summed E-state index contributed by atoms with van der Waals surface area (Å²) in [6.45, 7) is 12.5. The van der Waals surface area contributed by atoms with Gasteiger partial charge in [0.15, 0.2) is 0 Å². The molecule has 128 valence electrons. The van der Waals surface area contributed by atoms with Crippen LogP contribution in [0.4, 0.5) is 0 Å². The van der Waals surface area contributed by atoms with Crippen molar-refractivity contribution in [3.63, 3.8) is 0 Å². The third-order valence-corrected chi connectivity index (χ3v) is 2.56. The molecule has 5 nitrogen and oxygen atoms in total. The summed E-state index contributed by atoms with van der Waals surface area (Å²) in [4.78, 5) is 24.6. The van der Waals surface area contributed by atoms with Gasteiger partial charge in [0.05, 0.1) is 16.7 Å². The molecule has 0 saturated heterocycles. The first-order valence-electron chi connectivity index (χ1n) is 7.60. The van der Waals surface area contributed by atoms with Gasteiger partial charge in [0.2, 0.25) is 6.29 Å². The Kier molecular flexibility index (Phi) is 5.94. The van der Waals surface area contributed by atoms with Crippen LogP contribution in [-0.2, 0) is 14.2 Å². The molecule has 1 aromatic rings. The van der Waals surface area contributed by atoms with Crippen LogP contribution in [0.3, 0.4) is 0 Å². The number of hydrogen-bond acceptors (Lipinski definition) is 5. The molecule has 0 saturated carbocycles. The van der Waals surface area contributed by atoms with Crippen LogP contribution in [-0.4, -0.2) is 29.4 Å². The number of rotatable bonds is 4. The second-order valence-electron chi connectivity index (χ2n) is 7.25. The summed E-state index contributed by atoms with van der Waals surface area (Å²) >= 11 is 0. The summed E-state index contributed by atoms with van der Waals surface area (Å²) < 4.78 is 16.1. The molecule has 0 bridgehead atoms. The van der Waals surface area contributed by atoms with Gasteiger partial charge < -0.3 is 14.2 Å². The molecule has 1 unspecified atom stereocenters. The zero-order valence-electron chi connectivity index (χ0n) is 14.9. The Morgan fingerprint density at radius 3 is 1.78 bits per heavy atom. The Morgan fingerprint density at radius 2 is 1.35 bits per heavy atom. The maximum Gasteiger partial charge on any atom is 0.341 e. The van der Waals surface area contributed by atoms with Gasteiger partial charge in [-0.3, -0.25) is 0 Å². The fraction of sp³-hybridized carbons (Fsp3) is 0.556. The molecule has 0 aliphatic heterocycles. The number of ether oxygens (including phenoxy) is 3. The van der Waals surface area contributed by atoms with Crippen molar-refractivity contribution in [1.29, 1.82) is 0 Å². The van der Waals surface area contributed by atoms with Crippen molar-refractivity contribution in [3.05, 3.63) is 35.4 Å². The van der Waals surface area contributed by atoms with Crippen molar-refractivity contribution in [2.45, 2.75) is 66.0 Å². The van der Waals surface area contributed by atoms with Crippen LogP contribution >= 0.6 is 0 Å². The molecule has 0 aromatic heterocycles. The van der Waals surface area contributed by atoms with Crippen molar-refractivity contribution < 1.29 is 23.8 Å².